The topological polar surface area (TPSA) is 162 Å². The third-order valence-electron chi connectivity index (χ3n) is 0.926. The molecule has 0 saturated carbocycles. The van der Waals surface area contributed by atoms with Crippen molar-refractivity contribution in [3.63, 3.8) is 0 Å². The first-order chi connectivity index (χ1) is 7.53. The summed E-state index contributed by atoms with van der Waals surface area (Å²) in [4.78, 5) is 61.1. The van der Waals surface area contributed by atoms with Gasteiger partial charge in [0.25, 0.3) is 0 Å². The molecule has 0 amide bonds. The van der Waals surface area contributed by atoms with Crippen LogP contribution in [0.4, 0.5) is 0 Å². The fourth-order valence-electron chi connectivity index (χ4n) is 0.440. The first-order valence-corrected chi connectivity index (χ1v) is 7.54. The Morgan fingerprint density at radius 3 is 1.12 bits per heavy atom. The third-order valence-corrected chi connectivity index (χ3v) is 4.56. The Morgan fingerprint density at radius 1 is 0.706 bits per heavy atom. The van der Waals surface area contributed by atoms with Gasteiger partial charge in [0.05, 0.1) is 0 Å². The molecule has 0 atom stereocenters. The van der Waals surface area contributed by atoms with Crippen LogP contribution >= 0.6 is 0 Å². The minimum absolute atomic E-state index is 0. The Bertz CT molecular complexity index is 283. The Morgan fingerprint density at radius 2 is 0.941 bits per heavy atom. The molecule has 0 unspecified atom stereocenters. The summed E-state index contributed by atoms with van der Waals surface area (Å²) in [5.74, 6) is -4.30. The molecule has 17 heavy (non-hydrogen) atoms. The van der Waals surface area contributed by atoms with E-state index < -0.39 is 40.7 Å². The number of rotatable bonds is 6. The van der Waals surface area contributed by atoms with Gasteiger partial charge in [-0.2, -0.15) is 0 Å². The standard InChI is InChI=1S/3C2H2O3.In.H2O/c3*3-1-2(4)5;;/h3*1H,(H,4,5);;1H2/q;;;+3;/p-3. The first-order valence-electron chi connectivity index (χ1n) is 3.50. The van der Waals surface area contributed by atoms with Crippen LogP contribution in [0.2, 0.25) is 0 Å². The van der Waals surface area contributed by atoms with Gasteiger partial charge in [-0.25, -0.2) is 0 Å². The number of hydrogen-bond donors (Lipinski definition) is 0. The van der Waals surface area contributed by atoms with Crippen LogP contribution < -0.4 is 0 Å². The molecule has 2 N–H and O–H groups in total. The summed E-state index contributed by atoms with van der Waals surface area (Å²) in [6, 6.07) is 0. The Kier molecular flexibility index (Phi) is 9.83. The predicted molar refractivity (Wildman–Crippen MR) is 45.8 cm³/mol. The molecule has 0 rings (SSSR count). The molecule has 0 aromatic carbocycles. The van der Waals surface area contributed by atoms with Crippen LogP contribution in [0.1, 0.15) is 0 Å². The molecule has 11 heteroatoms. The van der Waals surface area contributed by atoms with Crippen molar-refractivity contribution < 1.29 is 42.8 Å². The molecule has 0 saturated heterocycles. The van der Waals surface area contributed by atoms with E-state index in [0.717, 1.165) is 0 Å². The van der Waals surface area contributed by atoms with E-state index in [2.05, 4.69) is 8.56 Å². The second kappa shape index (κ2) is 9.47. The predicted octanol–water partition coefficient (Wildman–Crippen LogP) is -3.63. The maximum absolute atomic E-state index is 10.5. The van der Waals surface area contributed by atoms with E-state index in [-0.39, 0.29) is 24.3 Å². The van der Waals surface area contributed by atoms with Gasteiger partial charge in [0.1, 0.15) is 0 Å². The molecule has 92 valence electrons. The van der Waals surface area contributed by atoms with Crippen LogP contribution in [0.25, 0.3) is 0 Å². The first kappa shape index (κ1) is 17.6. The molecule has 0 bridgehead atoms. The van der Waals surface area contributed by atoms with Crippen LogP contribution in [0.15, 0.2) is 0 Å². The van der Waals surface area contributed by atoms with Crippen molar-refractivity contribution in [2.75, 3.05) is 0 Å². The summed E-state index contributed by atoms with van der Waals surface area (Å²) < 4.78 is 12.4. The molecule has 0 fully saturated rings. The molecule has 0 aliphatic heterocycles. The molecule has 0 aromatic heterocycles. The molecule has 0 spiro atoms. The molecule has 0 aliphatic carbocycles. The summed E-state index contributed by atoms with van der Waals surface area (Å²) in [6.07, 6.45) is -0.770. The average molecular weight is 352 g/mol. The average Bonchev–Trinajstić information content (AvgIpc) is 2.28. The van der Waals surface area contributed by atoms with Gasteiger partial charge in [-0.05, 0) is 0 Å². The van der Waals surface area contributed by atoms with Crippen LogP contribution in [0.3, 0.4) is 0 Å². The maximum atomic E-state index is 10.5. The molecule has 10 nitrogen and oxygen atoms in total. The zero-order valence-electron chi connectivity index (χ0n) is 7.98. The van der Waals surface area contributed by atoms with Crippen molar-refractivity contribution in [2.24, 2.45) is 0 Å². The molecule has 0 heterocycles. The van der Waals surface area contributed by atoms with Gasteiger partial charge in [-0.3, -0.25) is 0 Å². The van der Waals surface area contributed by atoms with E-state index in [1.54, 1.807) is 0 Å². The second-order valence-corrected chi connectivity index (χ2v) is 5.62. The molecular formula is C6H5InO10. The van der Waals surface area contributed by atoms with Gasteiger partial charge in [-0.15, -0.1) is 0 Å². The SMILES string of the molecule is O.O=CC(=O)[O][In]([O]C(=O)C=O)[O]C(=O)C=O. The van der Waals surface area contributed by atoms with Crippen molar-refractivity contribution in [3.8, 4) is 0 Å². The number of carbonyl (C=O) groups is 6. The van der Waals surface area contributed by atoms with Gasteiger partial charge < -0.3 is 5.48 Å². The Balaban J connectivity index is 0. The number of carbonyl (C=O) groups excluding carboxylic acids is 6. The summed E-state index contributed by atoms with van der Waals surface area (Å²) in [6.45, 7) is 0. The summed E-state index contributed by atoms with van der Waals surface area (Å²) >= 11 is -4.44. The zero-order valence-corrected chi connectivity index (χ0v) is 11.3. The van der Waals surface area contributed by atoms with Crippen molar-refractivity contribution in [3.05, 3.63) is 0 Å². The van der Waals surface area contributed by atoms with E-state index in [0.29, 0.717) is 0 Å². The van der Waals surface area contributed by atoms with Crippen molar-refractivity contribution >= 4 is 59.5 Å². The van der Waals surface area contributed by atoms with Gasteiger partial charge in [0.15, 0.2) is 0 Å². The van der Waals surface area contributed by atoms with Crippen molar-refractivity contribution in [2.45, 2.75) is 0 Å². The summed E-state index contributed by atoms with van der Waals surface area (Å²) in [7, 11) is 0. The van der Waals surface area contributed by atoms with Crippen LogP contribution in [-0.4, -0.2) is 65.0 Å². The Labute approximate surface area is 102 Å². The zero-order chi connectivity index (χ0) is 12.6. The molecule has 0 aliphatic rings. The molecular weight excluding hydrogens is 347 g/mol. The fourth-order valence-corrected chi connectivity index (χ4v) is 2.95. The van der Waals surface area contributed by atoms with Crippen molar-refractivity contribution in [1.29, 1.82) is 0 Å². The van der Waals surface area contributed by atoms with E-state index in [1.165, 1.54) is 0 Å². The minimum atomic E-state index is -4.44. The fraction of sp³-hybridized carbons (Fsp3) is 0. The van der Waals surface area contributed by atoms with E-state index in [9.17, 15) is 28.8 Å². The molecule has 0 aromatic rings. The normalized spacial score (nSPS) is 7.76. The van der Waals surface area contributed by atoms with Crippen LogP contribution in [-0.2, 0) is 37.3 Å². The third kappa shape index (κ3) is 8.10. The van der Waals surface area contributed by atoms with Gasteiger partial charge in [0, 0.05) is 0 Å². The van der Waals surface area contributed by atoms with Crippen LogP contribution in [0, 0.1) is 0 Å². The van der Waals surface area contributed by atoms with Crippen molar-refractivity contribution in [1.82, 2.24) is 0 Å². The number of aldehydes is 3. The number of hydrogen-bond acceptors (Lipinski definition) is 9. The quantitative estimate of drug-likeness (QED) is 0.347. The van der Waals surface area contributed by atoms with Gasteiger partial charge in [0.2, 0.25) is 0 Å². The van der Waals surface area contributed by atoms with Crippen LogP contribution in [0.5, 0.6) is 0 Å². The van der Waals surface area contributed by atoms with Gasteiger partial charge >= 0.3 is 96.8 Å². The molecule has 0 radical (unpaired) electrons. The van der Waals surface area contributed by atoms with E-state index in [4.69, 9.17) is 0 Å². The van der Waals surface area contributed by atoms with Gasteiger partial charge in [-0.1, -0.05) is 0 Å². The summed E-state index contributed by atoms with van der Waals surface area (Å²) in [5, 5.41) is 0. The van der Waals surface area contributed by atoms with E-state index >= 15 is 0 Å². The summed E-state index contributed by atoms with van der Waals surface area (Å²) in [5.41, 5.74) is 0. The van der Waals surface area contributed by atoms with E-state index in [1.807, 2.05) is 0 Å². The monoisotopic (exact) mass is 352 g/mol. The second-order valence-electron chi connectivity index (χ2n) is 1.95. The Hall–Kier alpha value is -1.75.